The summed E-state index contributed by atoms with van der Waals surface area (Å²) in [5.74, 6) is 2.90. The Labute approximate surface area is 173 Å². The number of nitriles is 1. The first-order valence-electron chi connectivity index (χ1n) is 9.38. The number of furan rings is 1. The molecule has 30 heavy (non-hydrogen) atoms. The highest BCUT2D eigenvalue weighted by molar-refractivity contribution is 5.44. The number of oxazole rings is 1. The normalized spacial score (nSPS) is 10.5. The van der Waals surface area contributed by atoms with Crippen LogP contribution in [0.2, 0.25) is 0 Å². The van der Waals surface area contributed by atoms with Gasteiger partial charge >= 0.3 is 0 Å². The Morgan fingerprint density at radius 1 is 1.03 bits per heavy atom. The van der Waals surface area contributed by atoms with Crippen molar-refractivity contribution in [1.82, 2.24) is 9.97 Å². The van der Waals surface area contributed by atoms with Crippen molar-refractivity contribution in [3.05, 3.63) is 83.6 Å². The standard InChI is InChI=1S/C23H19N3O4/c1-16-20(26-23(30-16)21-5-3-13-27-21)15-28-19-8-6-17(7-9-19)14-29-22-18(10-11-24)4-2-12-25-22/h2-9,12-13H,10,14-15H2,1H3. The fourth-order valence-corrected chi connectivity index (χ4v) is 2.83. The number of hydrogen-bond donors (Lipinski definition) is 0. The van der Waals surface area contributed by atoms with Gasteiger partial charge in [-0.05, 0) is 42.8 Å². The summed E-state index contributed by atoms with van der Waals surface area (Å²) in [7, 11) is 0. The van der Waals surface area contributed by atoms with E-state index in [1.54, 1.807) is 30.7 Å². The molecule has 0 unspecified atom stereocenters. The monoisotopic (exact) mass is 401 g/mol. The van der Waals surface area contributed by atoms with Crippen LogP contribution in [-0.4, -0.2) is 9.97 Å². The van der Waals surface area contributed by atoms with Crippen LogP contribution in [0, 0.1) is 18.3 Å². The number of hydrogen-bond acceptors (Lipinski definition) is 7. The molecule has 3 heterocycles. The third kappa shape index (κ3) is 4.50. The third-order valence-corrected chi connectivity index (χ3v) is 4.42. The largest absolute Gasteiger partial charge is 0.487 e. The Morgan fingerprint density at radius 3 is 2.67 bits per heavy atom. The summed E-state index contributed by atoms with van der Waals surface area (Å²) >= 11 is 0. The molecule has 0 saturated carbocycles. The van der Waals surface area contributed by atoms with Crippen LogP contribution in [-0.2, 0) is 19.6 Å². The van der Waals surface area contributed by atoms with Crippen molar-refractivity contribution in [2.24, 2.45) is 0 Å². The minimum atomic E-state index is 0.263. The van der Waals surface area contributed by atoms with Gasteiger partial charge < -0.3 is 18.3 Å². The van der Waals surface area contributed by atoms with Crippen molar-refractivity contribution in [1.29, 1.82) is 5.26 Å². The lowest BCUT2D eigenvalue weighted by Crippen LogP contribution is -2.01. The molecule has 0 bridgehead atoms. The Hall–Kier alpha value is -4.05. The van der Waals surface area contributed by atoms with Gasteiger partial charge in [0.1, 0.15) is 30.4 Å². The minimum absolute atomic E-state index is 0.263. The first-order chi connectivity index (χ1) is 14.7. The molecular formula is C23H19N3O4. The molecule has 0 aliphatic heterocycles. The topological polar surface area (TPSA) is 94.3 Å². The number of nitrogens with zero attached hydrogens (tertiary/aromatic N) is 3. The molecule has 0 aliphatic carbocycles. The van der Waals surface area contributed by atoms with Crippen molar-refractivity contribution in [3.63, 3.8) is 0 Å². The summed E-state index contributed by atoms with van der Waals surface area (Å²) in [4.78, 5) is 8.64. The average Bonchev–Trinajstić information content (AvgIpc) is 3.42. The molecule has 7 heteroatoms. The van der Waals surface area contributed by atoms with Crippen LogP contribution in [0.4, 0.5) is 0 Å². The Balaban J connectivity index is 1.34. The number of ether oxygens (including phenoxy) is 2. The molecule has 3 aromatic heterocycles. The van der Waals surface area contributed by atoms with Gasteiger partial charge in [0.2, 0.25) is 5.88 Å². The Morgan fingerprint density at radius 2 is 1.90 bits per heavy atom. The predicted molar refractivity (Wildman–Crippen MR) is 108 cm³/mol. The molecule has 0 radical (unpaired) electrons. The highest BCUT2D eigenvalue weighted by Gasteiger charge is 2.14. The summed E-state index contributed by atoms with van der Waals surface area (Å²) < 4.78 is 22.5. The number of aryl methyl sites for hydroxylation is 1. The van der Waals surface area contributed by atoms with E-state index >= 15 is 0 Å². The van der Waals surface area contributed by atoms with Crippen LogP contribution in [0.15, 0.2) is 69.8 Å². The van der Waals surface area contributed by atoms with Gasteiger partial charge in [-0.2, -0.15) is 5.26 Å². The Kier molecular flexibility index (Phi) is 5.76. The van der Waals surface area contributed by atoms with E-state index in [2.05, 4.69) is 16.0 Å². The van der Waals surface area contributed by atoms with Crippen LogP contribution >= 0.6 is 0 Å². The van der Waals surface area contributed by atoms with E-state index in [1.165, 1.54) is 0 Å². The number of pyridine rings is 1. The molecule has 7 nitrogen and oxygen atoms in total. The van der Waals surface area contributed by atoms with E-state index in [9.17, 15) is 0 Å². The summed E-state index contributed by atoms with van der Waals surface area (Å²) in [6, 6.07) is 16.9. The first-order valence-corrected chi connectivity index (χ1v) is 9.38. The maximum absolute atomic E-state index is 8.90. The van der Waals surface area contributed by atoms with Crippen LogP contribution in [0.25, 0.3) is 11.7 Å². The van der Waals surface area contributed by atoms with Gasteiger partial charge in [-0.25, -0.2) is 9.97 Å². The lowest BCUT2D eigenvalue weighted by Gasteiger charge is -2.09. The van der Waals surface area contributed by atoms with Gasteiger partial charge in [0.25, 0.3) is 5.89 Å². The van der Waals surface area contributed by atoms with Gasteiger partial charge in [-0.15, -0.1) is 0 Å². The third-order valence-electron chi connectivity index (χ3n) is 4.42. The van der Waals surface area contributed by atoms with Crippen molar-refractivity contribution < 1.29 is 18.3 Å². The number of benzene rings is 1. The van der Waals surface area contributed by atoms with Gasteiger partial charge in [-0.1, -0.05) is 18.2 Å². The SMILES string of the molecule is Cc1oc(-c2ccco2)nc1COc1ccc(COc2ncccc2CC#N)cc1. The first kappa shape index (κ1) is 19.3. The summed E-state index contributed by atoms with van der Waals surface area (Å²) in [6.45, 7) is 2.48. The highest BCUT2D eigenvalue weighted by atomic mass is 16.5. The summed E-state index contributed by atoms with van der Waals surface area (Å²) in [5, 5.41) is 8.90. The van der Waals surface area contributed by atoms with E-state index in [0.29, 0.717) is 41.3 Å². The lowest BCUT2D eigenvalue weighted by molar-refractivity contribution is 0.288. The number of rotatable bonds is 8. The zero-order chi connectivity index (χ0) is 20.8. The fourth-order valence-electron chi connectivity index (χ4n) is 2.83. The highest BCUT2D eigenvalue weighted by Crippen LogP contribution is 2.23. The van der Waals surface area contributed by atoms with Crippen molar-refractivity contribution in [3.8, 4) is 29.3 Å². The van der Waals surface area contributed by atoms with Crippen LogP contribution in [0.3, 0.4) is 0 Å². The zero-order valence-electron chi connectivity index (χ0n) is 16.4. The maximum Gasteiger partial charge on any atom is 0.263 e. The molecule has 1 aromatic carbocycles. The summed E-state index contributed by atoms with van der Waals surface area (Å²) in [5.41, 5.74) is 2.46. The van der Waals surface area contributed by atoms with E-state index in [0.717, 1.165) is 11.1 Å². The smallest absolute Gasteiger partial charge is 0.263 e. The molecule has 0 fully saturated rings. The van der Waals surface area contributed by atoms with E-state index < -0.39 is 0 Å². The molecule has 0 atom stereocenters. The molecule has 0 saturated heterocycles. The average molecular weight is 401 g/mol. The second-order valence-corrected chi connectivity index (χ2v) is 6.52. The lowest BCUT2D eigenvalue weighted by atomic mass is 10.2. The minimum Gasteiger partial charge on any atom is -0.487 e. The van der Waals surface area contributed by atoms with Crippen LogP contribution in [0.5, 0.6) is 11.6 Å². The second-order valence-electron chi connectivity index (χ2n) is 6.52. The molecular weight excluding hydrogens is 382 g/mol. The van der Waals surface area contributed by atoms with Gasteiger partial charge in [0, 0.05) is 11.8 Å². The molecule has 0 aliphatic rings. The molecule has 150 valence electrons. The second kappa shape index (κ2) is 8.97. The van der Waals surface area contributed by atoms with Crippen molar-refractivity contribution >= 4 is 0 Å². The molecule has 0 spiro atoms. The zero-order valence-corrected chi connectivity index (χ0v) is 16.4. The van der Waals surface area contributed by atoms with Crippen LogP contribution < -0.4 is 9.47 Å². The quantitative estimate of drug-likeness (QED) is 0.416. The molecule has 0 amide bonds. The van der Waals surface area contributed by atoms with Crippen molar-refractivity contribution in [2.75, 3.05) is 0 Å². The van der Waals surface area contributed by atoms with Crippen LogP contribution in [0.1, 0.15) is 22.6 Å². The number of aromatic nitrogens is 2. The van der Waals surface area contributed by atoms with E-state index in [-0.39, 0.29) is 13.0 Å². The predicted octanol–water partition coefficient (Wildman–Crippen LogP) is 4.86. The fraction of sp³-hybridized carbons (Fsp3) is 0.174. The molecule has 0 N–H and O–H groups in total. The maximum atomic E-state index is 8.90. The van der Waals surface area contributed by atoms with Crippen molar-refractivity contribution in [2.45, 2.75) is 26.6 Å². The molecule has 4 aromatic rings. The van der Waals surface area contributed by atoms with Gasteiger partial charge in [-0.3, -0.25) is 0 Å². The van der Waals surface area contributed by atoms with E-state index in [1.807, 2.05) is 37.3 Å². The van der Waals surface area contributed by atoms with Gasteiger partial charge in [0.15, 0.2) is 5.76 Å². The summed E-state index contributed by atoms with van der Waals surface area (Å²) in [6.07, 6.45) is 3.49. The van der Waals surface area contributed by atoms with Gasteiger partial charge in [0.05, 0.1) is 18.8 Å². The molecule has 4 rings (SSSR count). The van der Waals surface area contributed by atoms with E-state index in [4.69, 9.17) is 23.6 Å². The Bertz CT molecular complexity index is 1140.